The molecule has 1 aliphatic heterocycles. The highest BCUT2D eigenvalue weighted by Gasteiger charge is 2.24. The third-order valence-electron chi connectivity index (χ3n) is 7.97. The molecule has 1 aliphatic rings. The first-order valence-electron chi connectivity index (χ1n) is 14.5. The number of hydrogen-bond donors (Lipinski definition) is 0. The standard InChI is InChI=1S/C33H35N7O/c1-20(2)28-13-23(14-30(39-28)40-10-6-8-31(40)41)11-21(3)26-16-29-33(36-18-26)37-19-27(38-29)12-22(4)25-15-24-7-5-9-34-32(24)35-17-25/h5,7,9,13-22H,6,8,10-12H2,1-4H3/t21-,22+/m1/s1. The van der Waals surface area contributed by atoms with Gasteiger partial charge in [0.25, 0.3) is 0 Å². The molecule has 0 bridgehead atoms. The van der Waals surface area contributed by atoms with Crippen LogP contribution in [0.2, 0.25) is 0 Å². The van der Waals surface area contributed by atoms with Gasteiger partial charge in [0.2, 0.25) is 5.91 Å². The molecule has 1 fully saturated rings. The molecule has 8 nitrogen and oxygen atoms in total. The van der Waals surface area contributed by atoms with Crippen LogP contribution in [0.15, 0.2) is 61.2 Å². The highest BCUT2D eigenvalue weighted by Crippen LogP contribution is 2.29. The van der Waals surface area contributed by atoms with Crippen LogP contribution in [0.4, 0.5) is 5.82 Å². The fourth-order valence-electron chi connectivity index (χ4n) is 5.52. The molecule has 0 unspecified atom stereocenters. The number of fused-ring (bicyclic) bond motifs is 2. The molecule has 0 N–H and O–H groups in total. The highest BCUT2D eigenvalue weighted by molar-refractivity contribution is 5.94. The van der Waals surface area contributed by atoms with Crippen LogP contribution in [0.1, 0.15) is 86.4 Å². The van der Waals surface area contributed by atoms with Gasteiger partial charge in [-0.05, 0) is 90.1 Å². The van der Waals surface area contributed by atoms with Crippen LogP contribution in [-0.2, 0) is 17.6 Å². The number of hydrogen-bond acceptors (Lipinski definition) is 7. The Bertz CT molecular complexity index is 1730. The summed E-state index contributed by atoms with van der Waals surface area (Å²) in [5.74, 6) is 1.65. The second-order valence-electron chi connectivity index (χ2n) is 11.6. The molecular weight excluding hydrogens is 510 g/mol. The fourth-order valence-corrected chi connectivity index (χ4v) is 5.52. The van der Waals surface area contributed by atoms with E-state index in [2.05, 4.69) is 71.9 Å². The third-order valence-corrected chi connectivity index (χ3v) is 7.97. The van der Waals surface area contributed by atoms with E-state index in [0.717, 1.165) is 70.7 Å². The van der Waals surface area contributed by atoms with Crippen molar-refractivity contribution in [2.45, 2.75) is 71.1 Å². The summed E-state index contributed by atoms with van der Waals surface area (Å²) < 4.78 is 0. The summed E-state index contributed by atoms with van der Waals surface area (Å²) >= 11 is 0. The predicted octanol–water partition coefficient (Wildman–Crippen LogP) is 6.31. The Kier molecular flexibility index (Phi) is 7.39. The van der Waals surface area contributed by atoms with Crippen LogP contribution in [0.5, 0.6) is 0 Å². The molecule has 1 saturated heterocycles. The van der Waals surface area contributed by atoms with Crippen LogP contribution >= 0.6 is 0 Å². The predicted molar refractivity (Wildman–Crippen MR) is 161 cm³/mol. The van der Waals surface area contributed by atoms with Crippen LogP contribution in [0.25, 0.3) is 22.2 Å². The van der Waals surface area contributed by atoms with Gasteiger partial charge in [-0.2, -0.15) is 0 Å². The molecule has 0 aliphatic carbocycles. The van der Waals surface area contributed by atoms with Crippen LogP contribution in [-0.4, -0.2) is 42.4 Å². The quantitative estimate of drug-likeness (QED) is 0.225. The SMILES string of the molecule is CC(C)c1cc(C[C@@H](C)c2cnc3ncc(C[C@H](C)c4cnc5ncccc5c4)nc3c2)cc(N2CCCC2=O)n1. The maximum atomic E-state index is 12.4. The van der Waals surface area contributed by atoms with Gasteiger partial charge in [-0.25, -0.2) is 29.9 Å². The summed E-state index contributed by atoms with van der Waals surface area (Å²) in [6, 6.07) is 12.5. The largest absolute Gasteiger partial charge is 0.297 e. The number of carbonyl (C=O) groups excluding carboxylic acids is 1. The molecule has 0 aromatic carbocycles. The van der Waals surface area contributed by atoms with E-state index < -0.39 is 0 Å². The van der Waals surface area contributed by atoms with E-state index in [1.165, 1.54) is 5.56 Å². The fraction of sp³-hybridized carbons (Fsp3) is 0.364. The first kappa shape index (κ1) is 26.9. The van der Waals surface area contributed by atoms with Crippen LogP contribution in [0.3, 0.4) is 0 Å². The summed E-state index contributed by atoms with van der Waals surface area (Å²) in [7, 11) is 0. The van der Waals surface area contributed by atoms with Crippen LogP contribution < -0.4 is 4.90 Å². The van der Waals surface area contributed by atoms with Crippen LogP contribution in [0, 0.1) is 0 Å². The molecular formula is C33H35N7O. The van der Waals surface area contributed by atoms with E-state index in [-0.39, 0.29) is 23.7 Å². The Morgan fingerprint density at radius 2 is 1.59 bits per heavy atom. The van der Waals surface area contributed by atoms with Crippen molar-refractivity contribution >= 4 is 33.9 Å². The first-order valence-corrected chi connectivity index (χ1v) is 14.5. The second-order valence-corrected chi connectivity index (χ2v) is 11.6. The number of aromatic nitrogens is 6. The van der Waals surface area contributed by atoms with Crippen molar-refractivity contribution < 1.29 is 4.79 Å². The Morgan fingerprint density at radius 3 is 2.37 bits per heavy atom. The van der Waals surface area contributed by atoms with Gasteiger partial charge in [-0.3, -0.25) is 9.69 Å². The van der Waals surface area contributed by atoms with Gasteiger partial charge in [0.15, 0.2) is 11.3 Å². The summed E-state index contributed by atoms with van der Waals surface area (Å²) in [4.78, 5) is 42.1. The summed E-state index contributed by atoms with van der Waals surface area (Å²) in [5.41, 5.74) is 7.61. The van der Waals surface area contributed by atoms with Crippen molar-refractivity contribution in [3.63, 3.8) is 0 Å². The molecule has 6 rings (SSSR count). The highest BCUT2D eigenvalue weighted by atomic mass is 16.2. The lowest BCUT2D eigenvalue weighted by Gasteiger charge is -2.20. The zero-order valence-corrected chi connectivity index (χ0v) is 24.1. The lowest BCUT2D eigenvalue weighted by Crippen LogP contribution is -2.25. The van der Waals surface area contributed by atoms with Crippen molar-refractivity contribution in [1.82, 2.24) is 29.9 Å². The normalized spacial score (nSPS) is 15.2. The molecule has 0 spiro atoms. The lowest BCUT2D eigenvalue weighted by molar-refractivity contribution is -0.117. The number of amides is 1. The maximum absolute atomic E-state index is 12.4. The van der Waals surface area contributed by atoms with Crippen molar-refractivity contribution in [2.24, 2.45) is 0 Å². The molecule has 0 saturated carbocycles. The van der Waals surface area contributed by atoms with Crippen molar-refractivity contribution in [2.75, 3.05) is 11.4 Å². The zero-order chi connectivity index (χ0) is 28.5. The maximum Gasteiger partial charge on any atom is 0.228 e. The van der Waals surface area contributed by atoms with E-state index in [1.807, 2.05) is 35.6 Å². The first-order chi connectivity index (χ1) is 19.8. The van der Waals surface area contributed by atoms with Gasteiger partial charge >= 0.3 is 0 Å². The average molecular weight is 546 g/mol. The van der Waals surface area contributed by atoms with Crippen molar-refractivity contribution in [3.8, 4) is 0 Å². The Hall–Kier alpha value is -4.33. The number of anilines is 1. The van der Waals surface area contributed by atoms with E-state index in [4.69, 9.17) is 9.97 Å². The van der Waals surface area contributed by atoms with E-state index in [0.29, 0.717) is 12.1 Å². The van der Waals surface area contributed by atoms with E-state index in [9.17, 15) is 4.79 Å². The van der Waals surface area contributed by atoms with E-state index in [1.54, 1.807) is 6.20 Å². The minimum Gasteiger partial charge on any atom is -0.297 e. The molecule has 2 atom stereocenters. The minimum absolute atomic E-state index is 0.161. The number of rotatable bonds is 8. The monoisotopic (exact) mass is 545 g/mol. The Labute approximate surface area is 240 Å². The smallest absolute Gasteiger partial charge is 0.228 e. The van der Waals surface area contributed by atoms with Gasteiger partial charge in [0.05, 0.1) is 11.9 Å². The number of carbonyl (C=O) groups is 1. The van der Waals surface area contributed by atoms with Crippen molar-refractivity contribution in [3.05, 3.63) is 89.3 Å². The molecule has 5 aromatic heterocycles. The molecule has 6 heterocycles. The van der Waals surface area contributed by atoms with Gasteiger partial charge in [0, 0.05) is 42.6 Å². The zero-order valence-electron chi connectivity index (χ0n) is 24.1. The molecule has 41 heavy (non-hydrogen) atoms. The second kappa shape index (κ2) is 11.3. The van der Waals surface area contributed by atoms with Gasteiger partial charge in [-0.15, -0.1) is 0 Å². The molecule has 208 valence electrons. The summed E-state index contributed by atoms with van der Waals surface area (Å²) in [6.45, 7) is 9.42. The van der Waals surface area contributed by atoms with Gasteiger partial charge in [0.1, 0.15) is 11.3 Å². The molecule has 0 radical (unpaired) electrons. The third kappa shape index (κ3) is 5.78. The van der Waals surface area contributed by atoms with Gasteiger partial charge < -0.3 is 0 Å². The molecule has 8 heteroatoms. The number of pyridine rings is 4. The van der Waals surface area contributed by atoms with E-state index >= 15 is 0 Å². The van der Waals surface area contributed by atoms with Gasteiger partial charge in [-0.1, -0.05) is 27.7 Å². The Morgan fingerprint density at radius 1 is 0.829 bits per heavy atom. The Balaban J connectivity index is 1.22. The molecule has 1 amide bonds. The summed E-state index contributed by atoms with van der Waals surface area (Å²) in [5, 5.41) is 1.04. The lowest BCUT2D eigenvalue weighted by atomic mass is 9.93. The number of nitrogens with zero attached hydrogens (tertiary/aromatic N) is 7. The summed E-state index contributed by atoms with van der Waals surface area (Å²) in [6.07, 6.45) is 10.5. The minimum atomic E-state index is 0.161. The van der Waals surface area contributed by atoms with Crippen molar-refractivity contribution in [1.29, 1.82) is 0 Å². The average Bonchev–Trinajstić information content (AvgIpc) is 3.42. The molecule has 5 aromatic rings. The topological polar surface area (TPSA) is 97.6 Å².